The Balaban J connectivity index is 1.59. The third kappa shape index (κ3) is 4.99. The van der Waals surface area contributed by atoms with Gasteiger partial charge in [0.15, 0.2) is 0 Å². The number of thioether (sulfide) groups is 1. The molecule has 28 heavy (non-hydrogen) atoms. The molecule has 0 radical (unpaired) electrons. The lowest BCUT2D eigenvalue weighted by Crippen LogP contribution is -2.31. The molecule has 3 rings (SSSR count). The van der Waals surface area contributed by atoms with Crippen molar-refractivity contribution in [1.29, 1.82) is 0 Å². The van der Waals surface area contributed by atoms with Gasteiger partial charge < -0.3 is 10.1 Å². The molecule has 2 aromatic rings. The first-order chi connectivity index (χ1) is 13.5. The van der Waals surface area contributed by atoms with Gasteiger partial charge in [0, 0.05) is 24.7 Å². The fourth-order valence-corrected chi connectivity index (χ4v) is 3.95. The molecule has 0 aromatic heterocycles. The van der Waals surface area contributed by atoms with E-state index in [1.54, 1.807) is 31.4 Å². The number of thiocarbonyl (C=S) groups is 1. The highest BCUT2D eigenvalue weighted by atomic mass is 32.2. The first-order valence-corrected chi connectivity index (χ1v) is 9.94. The summed E-state index contributed by atoms with van der Waals surface area (Å²) in [4.78, 5) is 26.9. The summed E-state index contributed by atoms with van der Waals surface area (Å²) in [6.07, 6.45) is 1.98. The normalized spacial score (nSPS) is 15.2. The molecule has 5 nitrogen and oxygen atoms in total. The van der Waals surface area contributed by atoms with Crippen molar-refractivity contribution in [1.82, 2.24) is 4.90 Å². The number of nitrogens with one attached hydrogen (secondary N) is 1. The van der Waals surface area contributed by atoms with Gasteiger partial charge in [-0.05, 0) is 30.7 Å². The number of benzene rings is 2. The molecule has 2 aromatic carbocycles. The molecule has 7 heteroatoms. The van der Waals surface area contributed by atoms with Crippen molar-refractivity contribution in [2.45, 2.75) is 13.3 Å². The summed E-state index contributed by atoms with van der Waals surface area (Å²) in [6, 6.07) is 15.0. The SMILES string of the molecule is COc1cccc(NC(=O)CCN2C(=O)/C(=C/c3ccc(C)cc3)SC2=S)c1. The van der Waals surface area contributed by atoms with E-state index in [4.69, 9.17) is 17.0 Å². The van der Waals surface area contributed by atoms with Crippen LogP contribution < -0.4 is 10.1 Å². The smallest absolute Gasteiger partial charge is 0.266 e. The Bertz CT molecular complexity index is 939. The molecule has 1 aliphatic heterocycles. The van der Waals surface area contributed by atoms with Crippen LogP contribution in [0.4, 0.5) is 5.69 Å². The quantitative estimate of drug-likeness (QED) is 0.568. The van der Waals surface area contributed by atoms with E-state index in [1.165, 1.54) is 16.7 Å². The van der Waals surface area contributed by atoms with Gasteiger partial charge in [0.1, 0.15) is 10.1 Å². The Morgan fingerprint density at radius 3 is 2.71 bits per heavy atom. The van der Waals surface area contributed by atoms with E-state index < -0.39 is 0 Å². The number of nitrogens with zero attached hydrogens (tertiary/aromatic N) is 1. The maximum Gasteiger partial charge on any atom is 0.266 e. The molecule has 2 amide bonds. The lowest BCUT2D eigenvalue weighted by molar-refractivity contribution is -0.122. The zero-order valence-corrected chi connectivity index (χ0v) is 17.2. The van der Waals surface area contributed by atoms with E-state index in [9.17, 15) is 9.59 Å². The van der Waals surface area contributed by atoms with Crippen LogP contribution in [0.2, 0.25) is 0 Å². The van der Waals surface area contributed by atoms with E-state index >= 15 is 0 Å². The largest absolute Gasteiger partial charge is 0.497 e. The average molecular weight is 413 g/mol. The second-order valence-electron chi connectivity index (χ2n) is 6.27. The Kier molecular flexibility index (Phi) is 6.49. The molecule has 0 spiro atoms. The van der Waals surface area contributed by atoms with Crippen molar-refractivity contribution >= 4 is 51.9 Å². The summed E-state index contributed by atoms with van der Waals surface area (Å²) in [5.74, 6) is 0.311. The number of aryl methyl sites for hydroxylation is 1. The van der Waals surface area contributed by atoms with Gasteiger partial charge >= 0.3 is 0 Å². The Hall–Kier alpha value is -2.64. The maximum absolute atomic E-state index is 12.6. The lowest BCUT2D eigenvalue weighted by atomic mass is 10.1. The first kappa shape index (κ1) is 20.1. The predicted octanol–water partition coefficient (Wildman–Crippen LogP) is 4.23. The van der Waals surface area contributed by atoms with Crippen LogP contribution in [-0.2, 0) is 9.59 Å². The first-order valence-electron chi connectivity index (χ1n) is 8.72. The fraction of sp³-hybridized carbons (Fsp3) is 0.190. The van der Waals surface area contributed by atoms with Crippen LogP contribution in [0.1, 0.15) is 17.5 Å². The molecular weight excluding hydrogens is 392 g/mol. The zero-order chi connectivity index (χ0) is 20.1. The molecule has 0 bridgehead atoms. The van der Waals surface area contributed by atoms with E-state index in [-0.39, 0.29) is 24.8 Å². The molecule has 0 saturated carbocycles. The van der Waals surface area contributed by atoms with Gasteiger partial charge in [-0.1, -0.05) is 59.9 Å². The number of amides is 2. The Morgan fingerprint density at radius 2 is 2.00 bits per heavy atom. The van der Waals surface area contributed by atoms with Crippen molar-refractivity contribution in [2.24, 2.45) is 0 Å². The summed E-state index contributed by atoms with van der Waals surface area (Å²) in [6.45, 7) is 2.26. The fourth-order valence-electron chi connectivity index (χ4n) is 2.64. The minimum absolute atomic E-state index is 0.154. The highest BCUT2D eigenvalue weighted by Gasteiger charge is 2.32. The molecule has 1 fully saturated rings. The predicted molar refractivity (Wildman–Crippen MR) is 117 cm³/mol. The number of methoxy groups -OCH3 is 1. The molecule has 0 aliphatic carbocycles. The van der Waals surface area contributed by atoms with Crippen LogP contribution in [0.25, 0.3) is 6.08 Å². The maximum atomic E-state index is 12.6. The minimum Gasteiger partial charge on any atom is -0.497 e. The van der Waals surface area contributed by atoms with Gasteiger partial charge in [-0.3, -0.25) is 14.5 Å². The molecule has 144 valence electrons. The standard InChI is InChI=1S/C21H20N2O3S2/c1-14-6-8-15(9-7-14)12-18-20(25)23(21(27)28-18)11-10-19(24)22-16-4-3-5-17(13-16)26-2/h3-9,12-13H,10-11H2,1-2H3,(H,22,24)/b18-12-. The van der Waals surface area contributed by atoms with Crippen LogP contribution in [0.3, 0.4) is 0 Å². The van der Waals surface area contributed by atoms with Gasteiger partial charge in [0.25, 0.3) is 5.91 Å². The van der Waals surface area contributed by atoms with E-state index in [0.717, 1.165) is 11.1 Å². The minimum atomic E-state index is -0.190. The number of hydrogen-bond donors (Lipinski definition) is 1. The highest BCUT2D eigenvalue weighted by Crippen LogP contribution is 2.32. The topological polar surface area (TPSA) is 58.6 Å². The van der Waals surface area contributed by atoms with E-state index in [0.29, 0.717) is 20.7 Å². The third-order valence-electron chi connectivity index (χ3n) is 4.16. The van der Waals surface area contributed by atoms with Gasteiger partial charge in [-0.15, -0.1) is 0 Å². The summed E-state index contributed by atoms with van der Waals surface area (Å²) in [5, 5.41) is 2.80. The van der Waals surface area contributed by atoms with Gasteiger partial charge in [0.2, 0.25) is 5.91 Å². The van der Waals surface area contributed by atoms with Gasteiger partial charge in [0.05, 0.1) is 12.0 Å². The molecule has 1 N–H and O–H groups in total. The van der Waals surface area contributed by atoms with E-state index in [1.807, 2.05) is 37.3 Å². The summed E-state index contributed by atoms with van der Waals surface area (Å²) in [5.41, 5.74) is 2.75. The van der Waals surface area contributed by atoms with Gasteiger partial charge in [-0.2, -0.15) is 0 Å². The van der Waals surface area contributed by atoms with E-state index in [2.05, 4.69) is 5.32 Å². The number of hydrogen-bond acceptors (Lipinski definition) is 5. The van der Waals surface area contributed by atoms with Crippen LogP contribution >= 0.6 is 24.0 Å². The second-order valence-corrected chi connectivity index (χ2v) is 7.95. The van der Waals surface area contributed by atoms with Crippen molar-refractivity contribution in [3.63, 3.8) is 0 Å². The zero-order valence-electron chi connectivity index (χ0n) is 15.6. The third-order valence-corrected chi connectivity index (χ3v) is 5.54. The number of rotatable bonds is 6. The summed E-state index contributed by atoms with van der Waals surface area (Å²) >= 11 is 6.59. The molecule has 1 saturated heterocycles. The molecule has 0 atom stereocenters. The molecule has 0 unspecified atom stereocenters. The Morgan fingerprint density at radius 1 is 1.25 bits per heavy atom. The van der Waals surface area contributed by atoms with Crippen LogP contribution in [0.15, 0.2) is 53.4 Å². The van der Waals surface area contributed by atoms with Crippen molar-refractivity contribution < 1.29 is 14.3 Å². The highest BCUT2D eigenvalue weighted by molar-refractivity contribution is 8.26. The molecular formula is C21H20N2O3S2. The van der Waals surface area contributed by atoms with Gasteiger partial charge in [-0.25, -0.2) is 0 Å². The number of carbonyl (C=O) groups is 2. The van der Waals surface area contributed by atoms with Crippen LogP contribution in [0, 0.1) is 6.92 Å². The summed E-state index contributed by atoms with van der Waals surface area (Å²) in [7, 11) is 1.57. The van der Waals surface area contributed by atoms with Crippen LogP contribution in [-0.4, -0.2) is 34.7 Å². The number of ether oxygens (including phenoxy) is 1. The van der Waals surface area contributed by atoms with Crippen molar-refractivity contribution in [2.75, 3.05) is 19.0 Å². The average Bonchev–Trinajstić information content (AvgIpc) is 2.95. The number of anilines is 1. The molecule has 1 aliphatic rings. The van der Waals surface area contributed by atoms with Crippen LogP contribution in [0.5, 0.6) is 5.75 Å². The second kappa shape index (κ2) is 9.03. The van der Waals surface area contributed by atoms with Crippen molar-refractivity contribution in [3.05, 3.63) is 64.6 Å². The molecule has 1 heterocycles. The Labute approximate surface area is 173 Å². The monoisotopic (exact) mass is 412 g/mol. The summed E-state index contributed by atoms with van der Waals surface area (Å²) < 4.78 is 5.61. The lowest BCUT2D eigenvalue weighted by Gasteiger charge is -2.14. The van der Waals surface area contributed by atoms with Crippen molar-refractivity contribution in [3.8, 4) is 5.75 Å². The number of carbonyl (C=O) groups excluding carboxylic acids is 2.